The van der Waals surface area contributed by atoms with Gasteiger partial charge < -0.3 is 4.74 Å². The molecule has 27 heavy (non-hydrogen) atoms. The molecule has 1 aliphatic carbocycles. The van der Waals surface area contributed by atoms with Gasteiger partial charge in [-0.3, -0.25) is 4.79 Å². The quantitative estimate of drug-likeness (QED) is 0.624. The summed E-state index contributed by atoms with van der Waals surface area (Å²) in [6, 6.07) is 9.36. The summed E-state index contributed by atoms with van der Waals surface area (Å²) in [4.78, 5) is 14.6. The first kappa shape index (κ1) is 17.7. The van der Waals surface area contributed by atoms with Gasteiger partial charge in [0.05, 0.1) is 22.7 Å². The van der Waals surface area contributed by atoms with Crippen LogP contribution in [0.4, 0.5) is 13.2 Å². The van der Waals surface area contributed by atoms with E-state index in [2.05, 4.69) is 10.1 Å². The molecule has 9 heteroatoms. The highest BCUT2D eigenvalue weighted by Crippen LogP contribution is 2.41. The fourth-order valence-corrected chi connectivity index (χ4v) is 4.04. The number of nitrogens with zero attached hydrogens (tertiary/aromatic N) is 3. The van der Waals surface area contributed by atoms with Crippen molar-refractivity contribution in [3.05, 3.63) is 47.0 Å². The molecule has 140 valence electrons. The molecule has 0 bridgehead atoms. The molecule has 0 spiro atoms. The number of aromatic nitrogens is 3. The first-order valence-electron chi connectivity index (χ1n) is 8.26. The molecular formula is C18H14F3N3O2S. The molecule has 4 rings (SSSR count). The van der Waals surface area contributed by atoms with Crippen LogP contribution >= 0.6 is 11.3 Å². The minimum atomic E-state index is -4.26. The molecule has 5 nitrogen and oxygen atoms in total. The van der Waals surface area contributed by atoms with Gasteiger partial charge in [-0.25, -0.2) is 4.68 Å². The van der Waals surface area contributed by atoms with Gasteiger partial charge in [-0.05, 0) is 12.8 Å². The van der Waals surface area contributed by atoms with E-state index in [1.54, 1.807) is 0 Å². The predicted molar refractivity (Wildman–Crippen MR) is 92.9 cm³/mol. The van der Waals surface area contributed by atoms with E-state index >= 15 is 0 Å². The number of ether oxygens (including phenoxy) is 1. The lowest BCUT2D eigenvalue weighted by Gasteiger charge is -2.25. The highest BCUT2D eigenvalue weighted by atomic mass is 32.1. The van der Waals surface area contributed by atoms with Gasteiger partial charge in [-0.1, -0.05) is 41.7 Å². The molecule has 0 fully saturated rings. The van der Waals surface area contributed by atoms with E-state index in [0.717, 1.165) is 22.5 Å². The van der Waals surface area contributed by atoms with E-state index in [1.807, 2.05) is 30.3 Å². The molecule has 0 amide bonds. The van der Waals surface area contributed by atoms with Crippen molar-refractivity contribution < 1.29 is 22.7 Å². The molecule has 1 atom stereocenters. The van der Waals surface area contributed by atoms with Crippen LogP contribution in [0, 0.1) is 5.92 Å². The monoisotopic (exact) mass is 393 g/mol. The second kappa shape index (κ2) is 6.80. The highest BCUT2D eigenvalue weighted by Gasteiger charge is 2.43. The van der Waals surface area contributed by atoms with E-state index < -0.39 is 12.1 Å². The van der Waals surface area contributed by atoms with Gasteiger partial charge in [-0.15, -0.1) is 0 Å². The van der Waals surface area contributed by atoms with Gasteiger partial charge >= 0.3 is 6.18 Å². The van der Waals surface area contributed by atoms with Crippen molar-refractivity contribution >= 4 is 17.8 Å². The predicted octanol–water partition coefficient (Wildman–Crippen LogP) is 4.20. The van der Waals surface area contributed by atoms with Crippen molar-refractivity contribution in [3.63, 3.8) is 0 Å². The Morgan fingerprint density at radius 1 is 1.26 bits per heavy atom. The molecule has 3 aromatic rings. The Labute approximate surface area is 156 Å². The average Bonchev–Trinajstić information content (AvgIpc) is 3.26. The first-order valence-corrected chi connectivity index (χ1v) is 9.14. The Bertz CT molecular complexity index is 966. The van der Waals surface area contributed by atoms with Gasteiger partial charge in [-0.2, -0.15) is 23.3 Å². The summed E-state index contributed by atoms with van der Waals surface area (Å²) in [5.74, 6) is -1.31. The van der Waals surface area contributed by atoms with Crippen LogP contribution in [0.2, 0.25) is 0 Å². The number of rotatable bonds is 4. The summed E-state index contributed by atoms with van der Waals surface area (Å²) >= 11 is 1.16. The molecule has 0 radical (unpaired) electrons. The SMILES string of the molecule is O=COc1csc(-n2nc(-c3ccccc3)c3c2CC(C(F)(F)F)CC3)n1. The maximum Gasteiger partial charge on any atom is 0.392 e. The van der Waals surface area contributed by atoms with Crippen LogP contribution in [-0.4, -0.2) is 27.4 Å². The van der Waals surface area contributed by atoms with Crippen LogP contribution in [0.5, 0.6) is 5.88 Å². The molecule has 0 aliphatic heterocycles. The summed E-state index contributed by atoms with van der Waals surface area (Å²) in [5.41, 5.74) is 2.84. The van der Waals surface area contributed by atoms with Gasteiger partial charge in [0.15, 0.2) is 0 Å². The summed E-state index contributed by atoms with van der Waals surface area (Å²) in [5, 5.41) is 6.46. The Kier molecular flexibility index (Phi) is 4.47. The number of fused-ring (bicyclic) bond motifs is 1. The number of thiazole rings is 1. The van der Waals surface area contributed by atoms with Gasteiger partial charge in [0.1, 0.15) is 0 Å². The molecule has 2 aromatic heterocycles. The highest BCUT2D eigenvalue weighted by molar-refractivity contribution is 7.12. The minimum Gasteiger partial charge on any atom is -0.409 e. The molecular weight excluding hydrogens is 379 g/mol. The summed E-state index contributed by atoms with van der Waals surface area (Å²) < 4.78 is 46.1. The van der Waals surface area contributed by atoms with Crippen LogP contribution in [0.3, 0.4) is 0 Å². The third-order valence-electron chi connectivity index (χ3n) is 4.60. The topological polar surface area (TPSA) is 57.0 Å². The second-order valence-electron chi connectivity index (χ2n) is 6.22. The van der Waals surface area contributed by atoms with E-state index in [-0.39, 0.29) is 25.2 Å². The van der Waals surface area contributed by atoms with Crippen molar-refractivity contribution in [1.82, 2.24) is 14.8 Å². The Balaban J connectivity index is 1.83. The normalized spacial score (nSPS) is 16.8. The zero-order chi connectivity index (χ0) is 19.0. The Morgan fingerprint density at radius 2 is 2.04 bits per heavy atom. The number of halogens is 3. The van der Waals surface area contributed by atoms with E-state index in [1.165, 1.54) is 10.1 Å². The van der Waals surface area contributed by atoms with Crippen LogP contribution in [0.1, 0.15) is 17.7 Å². The van der Waals surface area contributed by atoms with Crippen molar-refractivity contribution in [2.75, 3.05) is 0 Å². The summed E-state index contributed by atoms with van der Waals surface area (Å²) in [7, 11) is 0. The third kappa shape index (κ3) is 3.34. The maximum atomic E-state index is 13.3. The molecule has 0 N–H and O–H groups in total. The summed E-state index contributed by atoms with van der Waals surface area (Å²) in [6.45, 7) is 0.256. The minimum absolute atomic E-state index is 0.0411. The number of carbonyl (C=O) groups excluding carboxylic acids is 1. The maximum absolute atomic E-state index is 13.3. The Morgan fingerprint density at radius 3 is 2.74 bits per heavy atom. The molecule has 0 saturated heterocycles. The van der Waals surface area contributed by atoms with Crippen LogP contribution < -0.4 is 4.74 Å². The van der Waals surface area contributed by atoms with Gasteiger partial charge in [0.2, 0.25) is 11.0 Å². The number of benzene rings is 1. The number of hydrogen-bond acceptors (Lipinski definition) is 5. The average molecular weight is 393 g/mol. The second-order valence-corrected chi connectivity index (χ2v) is 7.05. The molecule has 1 aromatic carbocycles. The van der Waals surface area contributed by atoms with Gasteiger partial charge in [0, 0.05) is 17.5 Å². The van der Waals surface area contributed by atoms with Gasteiger partial charge in [0.25, 0.3) is 6.47 Å². The van der Waals surface area contributed by atoms with E-state index in [0.29, 0.717) is 22.9 Å². The molecule has 1 aliphatic rings. The Hall–Kier alpha value is -2.68. The molecule has 1 unspecified atom stereocenters. The van der Waals surface area contributed by atoms with Crippen molar-refractivity contribution in [2.45, 2.75) is 25.4 Å². The fourth-order valence-electron chi connectivity index (χ4n) is 3.33. The van der Waals surface area contributed by atoms with Crippen molar-refractivity contribution in [1.29, 1.82) is 0 Å². The van der Waals surface area contributed by atoms with Crippen molar-refractivity contribution in [3.8, 4) is 22.3 Å². The lowest BCUT2D eigenvalue weighted by molar-refractivity contribution is -0.177. The first-order chi connectivity index (χ1) is 13.0. The van der Waals surface area contributed by atoms with Crippen molar-refractivity contribution in [2.24, 2.45) is 5.92 Å². The number of hydrogen-bond donors (Lipinski definition) is 0. The number of alkyl halides is 3. The largest absolute Gasteiger partial charge is 0.409 e. The number of carbonyl (C=O) groups is 1. The van der Waals surface area contributed by atoms with E-state index in [9.17, 15) is 18.0 Å². The standard InChI is InChI=1S/C18H14F3N3O2S/c19-18(20,21)12-6-7-13-14(8-12)24(17-22-15(9-27-17)26-10-25)23-16(13)11-4-2-1-3-5-11/h1-5,9-10,12H,6-8H2. The van der Waals surface area contributed by atoms with Crippen LogP contribution in [0.15, 0.2) is 35.7 Å². The van der Waals surface area contributed by atoms with Crippen LogP contribution in [0.25, 0.3) is 16.4 Å². The molecule has 2 heterocycles. The zero-order valence-corrected chi connectivity index (χ0v) is 14.8. The zero-order valence-electron chi connectivity index (χ0n) is 13.9. The van der Waals surface area contributed by atoms with E-state index in [4.69, 9.17) is 4.74 Å². The third-order valence-corrected chi connectivity index (χ3v) is 5.40. The smallest absolute Gasteiger partial charge is 0.392 e. The fraction of sp³-hybridized carbons (Fsp3) is 0.278. The lowest BCUT2D eigenvalue weighted by atomic mass is 9.85. The lowest BCUT2D eigenvalue weighted by Crippen LogP contribution is -2.29. The molecule has 0 saturated carbocycles. The van der Waals surface area contributed by atoms with Crippen LogP contribution in [-0.2, 0) is 17.6 Å². The summed E-state index contributed by atoms with van der Waals surface area (Å²) in [6.07, 6.45) is -4.07.